The molecule has 1 rings (SSSR count). The first-order valence-corrected chi connectivity index (χ1v) is 5.54. The zero-order chi connectivity index (χ0) is 11.1. The van der Waals surface area contributed by atoms with E-state index in [-0.39, 0.29) is 0 Å². The third-order valence-corrected chi connectivity index (χ3v) is 2.60. The van der Waals surface area contributed by atoms with E-state index in [0.717, 1.165) is 19.6 Å². The molecular weight excluding hydrogens is 186 g/mol. The SMILES string of the molecule is CCNCC(C)N(C)Cc1cccnc1. The van der Waals surface area contributed by atoms with E-state index in [0.29, 0.717) is 6.04 Å². The summed E-state index contributed by atoms with van der Waals surface area (Å²) in [6, 6.07) is 4.65. The molecular formula is C12H21N3. The Kier molecular flexibility index (Phi) is 5.29. The second-order valence-electron chi connectivity index (χ2n) is 3.93. The fourth-order valence-electron chi connectivity index (χ4n) is 1.44. The number of hydrogen-bond donors (Lipinski definition) is 1. The summed E-state index contributed by atoms with van der Waals surface area (Å²) in [4.78, 5) is 6.45. The summed E-state index contributed by atoms with van der Waals surface area (Å²) in [5, 5.41) is 3.36. The van der Waals surface area contributed by atoms with Crippen LogP contribution < -0.4 is 5.32 Å². The van der Waals surface area contributed by atoms with Crippen molar-refractivity contribution in [2.75, 3.05) is 20.1 Å². The molecule has 3 heteroatoms. The number of hydrogen-bond acceptors (Lipinski definition) is 3. The van der Waals surface area contributed by atoms with Gasteiger partial charge < -0.3 is 5.32 Å². The monoisotopic (exact) mass is 207 g/mol. The predicted octanol–water partition coefficient (Wildman–Crippen LogP) is 1.51. The second kappa shape index (κ2) is 6.53. The van der Waals surface area contributed by atoms with Gasteiger partial charge >= 0.3 is 0 Å². The summed E-state index contributed by atoms with van der Waals surface area (Å²) in [6.07, 6.45) is 3.74. The average molecular weight is 207 g/mol. The van der Waals surface area contributed by atoms with Crippen molar-refractivity contribution in [3.05, 3.63) is 30.1 Å². The van der Waals surface area contributed by atoms with Crippen LogP contribution in [0.4, 0.5) is 0 Å². The van der Waals surface area contributed by atoms with Gasteiger partial charge in [0.2, 0.25) is 0 Å². The van der Waals surface area contributed by atoms with E-state index in [9.17, 15) is 0 Å². The number of aromatic nitrogens is 1. The van der Waals surface area contributed by atoms with E-state index in [2.05, 4.69) is 42.2 Å². The minimum absolute atomic E-state index is 0.546. The van der Waals surface area contributed by atoms with E-state index in [1.807, 2.05) is 18.5 Å². The van der Waals surface area contributed by atoms with Gasteiger partial charge in [-0.1, -0.05) is 13.0 Å². The molecule has 0 spiro atoms. The lowest BCUT2D eigenvalue weighted by Gasteiger charge is -2.24. The van der Waals surface area contributed by atoms with E-state index in [1.54, 1.807) is 0 Å². The van der Waals surface area contributed by atoms with Crippen molar-refractivity contribution in [3.8, 4) is 0 Å². The number of pyridine rings is 1. The van der Waals surface area contributed by atoms with Crippen LogP contribution in [0.15, 0.2) is 24.5 Å². The maximum atomic E-state index is 4.12. The molecule has 0 saturated heterocycles. The third-order valence-electron chi connectivity index (χ3n) is 2.60. The molecule has 0 aliphatic rings. The Labute approximate surface area is 92.5 Å². The van der Waals surface area contributed by atoms with Crippen molar-refractivity contribution in [3.63, 3.8) is 0 Å². The molecule has 1 unspecified atom stereocenters. The molecule has 0 amide bonds. The lowest BCUT2D eigenvalue weighted by Crippen LogP contribution is -2.37. The summed E-state index contributed by atoms with van der Waals surface area (Å²) in [5.41, 5.74) is 1.27. The molecule has 0 radical (unpaired) electrons. The highest BCUT2D eigenvalue weighted by Crippen LogP contribution is 2.03. The number of rotatable bonds is 6. The summed E-state index contributed by atoms with van der Waals surface area (Å²) >= 11 is 0. The Bertz CT molecular complexity index is 261. The molecule has 0 aliphatic heterocycles. The summed E-state index contributed by atoms with van der Waals surface area (Å²) in [7, 11) is 2.15. The zero-order valence-corrected chi connectivity index (χ0v) is 9.90. The first kappa shape index (κ1) is 12.1. The molecule has 0 aromatic carbocycles. The fraction of sp³-hybridized carbons (Fsp3) is 0.583. The van der Waals surface area contributed by atoms with Crippen LogP contribution in [-0.4, -0.2) is 36.1 Å². The van der Waals surface area contributed by atoms with Crippen molar-refractivity contribution < 1.29 is 0 Å². The van der Waals surface area contributed by atoms with Crippen LogP contribution in [-0.2, 0) is 6.54 Å². The van der Waals surface area contributed by atoms with Gasteiger partial charge in [-0.25, -0.2) is 0 Å². The summed E-state index contributed by atoms with van der Waals surface area (Å²) < 4.78 is 0. The topological polar surface area (TPSA) is 28.2 Å². The minimum Gasteiger partial charge on any atom is -0.315 e. The van der Waals surface area contributed by atoms with Crippen molar-refractivity contribution >= 4 is 0 Å². The molecule has 3 nitrogen and oxygen atoms in total. The van der Waals surface area contributed by atoms with Crippen LogP contribution in [0.5, 0.6) is 0 Å². The summed E-state index contributed by atoms with van der Waals surface area (Å²) in [6.45, 7) is 7.39. The minimum atomic E-state index is 0.546. The van der Waals surface area contributed by atoms with Crippen LogP contribution in [0.3, 0.4) is 0 Å². The van der Waals surface area contributed by atoms with Crippen molar-refractivity contribution in [1.82, 2.24) is 15.2 Å². The Morgan fingerprint density at radius 3 is 2.93 bits per heavy atom. The molecule has 1 N–H and O–H groups in total. The van der Waals surface area contributed by atoms with Crippen LogP contribution in [0.25, 0.3) is 0 Å². The quantitative estimate of drug-likeness (QED) is 0.766. The van der Waals surface area contributed by atoms with Crippen LogP contribution in [0.2, 0.25) is 0 Å². The second-order valence-corrected chi connectivity index (χ2v) is 3.93. The molecule has 0 saturated carbocycles. The largest absolute Gasteiger partial charge is 0.315 e. The van der Waals surface area contributed by atoms with Gasteiger partial charge in [-0.05, 0) is 32.1 Å². The van der Waals surface area contributed by atoms with E-state index in [1.165, 1.54) is 5.56 Å². The molecule has 1 heterocycles. The highest BCUT2D eigenvalue weighted by molar-refractivity contribution is 5.08. The third kappa shape index (κ3) is 4.40. The number of nitrogens with one attached hydrogen (secondary N) is 1. The van der Waals surface area contributed by atoms with E-state index in [4.69, 9.17) is 0 Å². The lowest BCUT2D eigenvalue weighted by molar-refractivity contribution is 0.243. The van der Waals surface area contributed by atoms with Gasteiger partial charge in [0.15, 0.2) is 0 Å². The fourth-order valence-corrected chi connectivity index (χ4v) is 1.44. The lowest BCUT2D eigenvalue weighted by atomic mass is 10.2. The molecule has 0 bridgehead atoms. The molecule has 84 valence electrons. The van der Waals surface area contributed by atoms with Crippen molar-refractivity contribution in [1.29, 1.82) is 0 Å². The molecule has 15 heavy (non-hydrogen) atoms. The number of likely N-dealkylation sites (N-methyl/N-ethyl adjacent to an activating group) is 2. The Balaban J connectivity index is 2.38. The van der Waals surface area contributed by atoms with Crippen LogP contribution in [0, 0.1) is 0 Å². The van der Waals surface area contributed by atoms with Gasteiger partial charge in [-0.3, -0.25) is 9.88 Å². The van der Waals surface area contributed by atoms with Gasteiger partial charge in [-0.15, -0.1) is 0 Å². The van der Waals surface area contributed by atoms with Gasteiger partial charge in [0.25, 0.3) is 0 Å². The van der Waals surface area contributed by atoms with Crippen LogP contribution in [0.1, 0.15) is 19.4 Å². The Morgan fingerprint density at radius 2 is 2.33 bits per heavy atom. The van der Waals surface area contributed by atoms with E-state index < -0.39 is 0 Å². The zero-order valence-electron chi connectivity index (χ0n) is 9.90. The average Bonchev–Trinajstić information content (AvgIpc) is 2.27. The molecule has 0 aliphatic carbocycles. The first-order valence-electron chi connectivity index (χ1n) is 5.54. The molecule has 1 aromatic rings. The smallest absolute Gasteiger partial charge is 0.0312 e. The van der Waals surface area contributed by atoms with Gasteiger partial charge in [0.05, 0.1) is 0 Å². The standard InChI is InChI=1S/C12H21N3/c1-4-13-8-11(2)15(3)10-12-6-5-7-14-9-12/h5-7,9,11,13H,4,8,10H2,1-3H3. The highest BCUT2D eigenvalue weighted by Gasteiger charge is 2.08. The Morgan fingerprint density at radius 1 is 1.53 bits per heavy atom. The molecule has 0 fully saturated rings. The van der Waals surface area contributed by atoms with Crippen LogP contribution >= 0.6 is 0 Å². The van der Waals surface area contributed by atoms with Gasteiger partial charge in [-0.2, -0.15) is 0 Å². The highest BCUT2D eigenvalue weighted by atomic mass is 15.1. The van der Waals surface area contributed by atoms with E-state index >= 15 is 0 Å². The van der Waals surface area contributed by atoms with Gasteiger partial charge in [0, 0.05) is 31.5 Å². The normalized spacial score (nSPS) is 13.1. The molecule has 1 aromatic heterocycles. The predicted molar refractivity (Wildman–Crippen MR) is 63.7 cm³/mol. The Hall–Kier alpha value is -0.930. The maximum Gasteiger partial charge on any atom is 0.0312 e. The number of nitrogens with zero attached hydrogens (tertiary/aromatic N) is 2. The molecule has 1 atom stereocenters. The summed E-state index contributed by atoms with van der Waals surface area (Å²) in [5.74, 6) is 0. The first-order chi connectivity index (χ1) is 7.24. The maximum absolute atomic E-state index is 4.12. The van der Waals surface area contributed by atoms with Crippen molar-refractivity contribution in [2.45, 2.75) is 26.4 Å². The van der Waals surface area contributed by atoms with Gasteiger partial charge in [0.1, 0.15) is 0 Å². The van der Waals surface area contributed by atoms with Crippen molar-refractivity contribution in [2.24, 2.45) is 0 Å².